The molecule has 0 aliphatic rings. The quantitative estimate of drug-likeness (QED) is 0.160. The molecule has 5 heteroatoms. The summed E-state index contributed by atoms with van der Waals surface area (Å²) in [5, 5.41) is 0.728. The first kappa shape index (κ1) is 22.0. The molecule has 0 fully saturated rings. The van der Waals surface area contributed by atoms with Crippen LogP contribution in [0.5, 0.6) is 0 Å². The minimum absolute atomic E-state index is 0.0503. The second-order valence-corrected chi connectivity index (χ2v) is 7.89. The van der Waals surface area contributed by atoms with Crippen molar-refractivity contribution in [2.24, 2.45) is 0 Å². The van der Waals surface area contributed by atoms with Gasteiger partial charge in [0.1, 0.15) is 11.6 Å². The number of benzene rings is 4. The monoisotopic (exact) mass is 440 g/mol. The zero-order chi connectivity index (χ0) is 22.8. The van der Waals surface area contributed by atoms with Crippen molar-refractivity contribution >= 4 is 10.8 Å². The molecule has 0 aliphatic heterocycles. The van der Waals surface area contributed by atoms with Crippen LogP contribution in [0, 0.1) is 29.1 Å². The number of hydrogen-bond acceptors (Lipinski definition) is 0. The number of hydrogen-bond donors (Lipinski definition) is 0. The highest BCUT2D eigenvalue weighted by Crippen LogP contribution is 2.33. The molecular weight excluding hydrogens is 419 g/mol. The van der Waals surface area contributed by atoms with Gasteiger partial charge in [0, 0.05) is 16.5 Å². The molecule has 0 spiro atoms. The topological polar surface area (TPSA) is 0 Å². The van der Waals surface area contributed by atoms with Crippen LogP contribution in [0.1, 0.15) is 31.7 Å². The summed E-state index contributed by atoms with van der Waals surface area (Å²) in [7, 11) is 0. The van der Waals surface area contributed by atoms with Gasteiger partial charge in [-0.2, -0.15) is 0 Å². The molecule has 4 aromatic rings. The minimum Gasteiger partial charge on any atom is -0.206 e. The van der Waals surface area contributed by atoms with Gasteiger partial charge in [0.2, 0.25) is 0 Å². The lowest BCUT2D eigenvalue weighted by atomic mass is 9.95. The maximum Gasteiger partial charge on any atom is 0.194 e. The predicted molar refractivity (Wildman–Crippen MR) is 118 cm³/mol. The average Bonchev–Trinajstić information content (AvgIpc) is 2.77. The molecule has 0 heterocycles. The first-order chi connectivity index (χ1) is 15.4. The highest BCUT2D eigenvalue weighted by atomic mass is 19.2. The van der Waals surface area contributed by atoms with Gasteiger partial charge in [0.25, 0.3) is 0 Å². The van der Waals surface area contributed by atoms with E-state index >= 15 is 4.39 Å². The normalized spacial score (nSPS) is 11.3. The SMILES string of the molecule is CCCCCc1ccc(-c2ccc3c(F)c(-c4cc(F)c(F)c(F)c4)ccc3c2)c(F)c1. The maximum absolute atomic E-state index is 15.1. The van der Waals surface area contributed by atoms with Crippen LogP contribution in [0.15, 0.2) is 60.7 Å². The molecule has 32 heavy (non-hydrogen) atoms. The van der Waals surface area contributed by atoms with Gasteiger partial charge in [0.15, 0.2) is 17.5 Å². The van der Waals surface area contributed by atoms with Crippen LogP contribution < -0.4 is 0 Å². The van der Waals surface area contributed by atoms with E-state index in [9.17, 15) is 17.6 Å². The van der Waals surface area contributed by atoms with Crippen molar-refractivity contribution in [2.45, 2.75) is 32.6 Å². The van der Waals surface area contributed by atoms with Gasteiger partial charge >= 0.3 is 0 Å². The first-order valence-electron chi connectivity index (χ1n) is 10.5. The van der Waals surface area contributed by atoms with Crippen LogP contribution in [0.25, 0.3) is 33.0 Å². The lowest BCUT2D eigenvalue weighted by Crippen LogP contribution is -1.94. The molecule has 4 rings (SSSR count). The lowest BCUT2D eigenvalue weighted by molar-refractivity contribution is 0.447. The first-order valence-corrected chi connectivity index (χ1v) is 10.5. The fraction of sp³-hybridized carbons (Fsp3) is 0.185. The molecule has 0 saturated carbocycles. The van der Waals surface area contributed by atoms with Gasteiger partial charge in [-0.25, -0.2) is 22.0 Å². The molecule has 0 N–H and O–H groups in total. The Balaban J connectivity index is 1.70. The van der Waals surface area contributed by atoms with E-state index in [0.29, 0.717) is 16.5 Å². The molecule has 164 valence electrons. The smallest absolute Gasteiger partial charge is 0.194 e. The summed E-state index contributed by atoms with van der Waals surface area (Å²) in [6.07, 6.45) is 4.02. The summed E-state index contributed by atoms with van der Waals surface area (Å²) in [6, 6.07) is 14.4. The minimum atomic E-state index is -1.60. The third-order valence-electron chi connectivity index (χ3n) is 5.66. The number of fused-ring (bicyclic) bond motifs is 1. The Morgan fingerprint density at radius 3 is 2.00 bits per heavy atom. The van der Waals surface area contributed by atoms with Crippen molar-refractivity contribution < 1.29 is 22.0 Å². The summed E-state index contributed by atoms with van der Waals surface area (Å²) in [5.74, 6) is -5.40. The highest BCUT2D eigenvalue weighted by Gasteiger charge is 2.16. The van der Waals surface area contributed by atoms with Crippen LogP contribution in [-0.4, -0.2) is 0 Å². The summed E-state index contributed by atoms with van der Waals surface area (Å²) in [4.78, 5) is 0. The van der Waals surface area contributed by atoms with Gasteiger partial charge in [-0.05, 0) is 59.2 Å². The fourth-order valence-corrected chi connectivity index (χ4v) is 3.92. The van der Waals surface area contributed by atoms with Crippen molar-refractivity contribution in [3.63, 3.8) is 0 Å². The van der Waals surface area contributed by atoms with Gasteiger partial charge in [0.05, 0.1) is 0 Å². The van der Waals surface area contributed by atoms with Crippen molar-refractivity contribution in [1.82, 2.24) is 0 Å². The molecule has 0 aromatic heterocycles. The van der Waals surface area contributed by atoms with Gasteiger partial charge < -0.3 is 0 Å². The third kappa shape index (κ3) is 4.24. The highest BCUT2D eigenvalue weighted by molar-refractivity contribution is 5.91. The summed E-state index contributed by atoms with van der Waals surface area (Å²) < 4.78 is 70.3. The van der Waals surface area contributed by atoms with E-state index in [0.717, 1.165) is 43.4 Å². The van der Waals surface area contributed by atoms with E-state index < -0.39 is 23.3 Å². The molecule has 0 atom stereocenters. The molecule has 0 bridgehead atoms. The number of halogens is 5. The van der Waals surface area contributed by atoms with Gasteiger partial charge in [-0.15, -0.1) is 0 Å². The van der Waals surface area contributed by atoms with Crippen LogP contribution in [0.2, 0.25) is 0 Å². The predicted octanol–water partition coefficient (Wildman–Crippen LogP) is 8.60. The van der Waals surface area contributed by atoms with E-state index in [-0.39, 0.29) is 22.3 Å². The van der Waals surface area contributed by atoms with Crippen LogP contribution in [-0.2, 0) is 6.42 Å². The van der Waals surface area contributed by atoms with Gasteiger partial charge in [-0.1, -0.05) is 56.2 Å². The summed E-state index contributed by atoms with van der Waals surface area (Å²) in [5.41, 5.74) is 1.80. The Hall–Kier alpha value is -3.21. The van der Waals surface area contributed by atoms with Crippen molar-refractivity contribution in [1.29, 1.82) is 0 Å². The maximum atomic E-state index is 15.1. The molecule has 4 aromatic carbocycles. The van der Waals surface area contributed by atoms with Crippen LogP contribution >= 0.6 is 0 Å². The second-order valence-electron chi connectivity index (χ2n) is 7.89. The molecule has 0 radical (unpaired) electrons. The zero-order valence-electron chi connectivity index (χ0n) is 17.5. The molecule has 0 aliphatic carbocycles. The Morgan fingerprint density at radius 2 is 1.31 bits per heavy atom. The van der Waals surface area contributed by atoms with E-state index in [1.54, 1.807) is 24.3 Å². The second kappa shape index (κ2) is 9.11. The lowest BCUT2D eigenvalue weighted by Gasteiger charge is -2.11. The van der Waals surface area contributed by atoms with Crippen molar-refractivity contribution in [3.05, 3.63) is 95.3 Å². The Morgan fingerprint density at radius 1 is 0.594 bits per heavy atom. The number of rotatable bonds is 6. The standard InChI is InChI=1S/C27H21F5/c1-2-3-4-5-16-6-9-20(23(28)12-16)17-7-10-21-18(13-17)8-11-22(26(21)31)19-14-24(29)27(32)25(30)15-19/h6-15H,2-5H2,1H3. The summed E-state index contributed by atoms with van der Waals surface area (Å²) in [6.45, 7) is 2.12. The van der Waals surface area contributed by atoms with E-state index in [1.807, 2.05) is 6.07 Å². The Kier molecular flexibility index (Phi) is 6.26. The van der Waals surface area contributed by atoms with Crippen molar-refractivity contribution in [2.75, 3.05) is 0 Å². The molecule has 0 unspecified atom stereocenters. The summed E-state index contributed by atoms with van der Waals surface area (Å²) >= 11 is 0. The molecule has 0 amide bonds. The van der Waals surface area contributed by atoms with Gasteiger partial charge in [-0.3, -0.25) is 0 Å². The molecule has 0 nitrogen and oxygen atoms in total. The van der Waals surface area contributed by atoms with Crippen LogP contribution in [0.3, 0.4) is 0 Å². The average molecular weight is 440 g/mol. The third-order valence-corrected chi connectivity index (χ3v) is 5.66. The van der Waals surface area contributed by atoms with Crippen molar-refractivity contribution in [3.8, 4) is 22.3 Å². The van der Waals surface area contributed by atoms with E-state index in [4.69, 9.17) is 0 Å². The Labute approximate surface area is 183 Å². The fourth-order valence-electron chi connectivity index (χ4n) is 3.92. The molecule has 0 saturated heterocycles. The number of aryl methyl sites for hydroxylation is 1. The van der Waals surface area contributed by atoms with Crippen LogP contribution in [0.4, 0.5) is 22.0 Å². The largest absolute Gasteiger partial charge is 0.206 e. The Bertz CT molecular complexity index is 1270. The zero-order valence-corrected chi connectivity index (χ0v) is 17.5. The van der Waals surface area contributed by atoms with E-state index in [1.165, 1.54) is 18.2 Å². The number of unbranched alkanes of at least 4 members (excludes halogenated alkanes) is 2. The van der Waals surface area contributed by atoms with E-state index in [2.05, 4.69) is 6.92 Å². The molecular formula is C27H21F5.